The molecule has 0 aromatic heterocycles. The summed E-state index contributed by atoms with van der Waals surface area (Å²) in [6, 6.07) is 14.3. The molecule has 0 fully saturated rings. The molecule has 0 spiro atoms. The molecule has 6 nitrogen and oxygen atoms in total. The molecule has 0 aliphatic carbocycles. The van der Waals surface area contributed by atoms with Gasteiger partial charge in [-0.15, -0.1) is 0 Å². The van der Waals surface area contributed by atoms with Gasteiger partial charge in [-0.25, -0.2) is 4.79 Å². The molecule has 0 heterocycles. The van der Waals surface area contributed by atoms with E-state index in [1.807, 2.05) is 19.1 Å². The number of ether oxygens (including phenoxy) is 3. The quantitative estimate of drug-likeness (QED) is 0.783. The Morgan fingerprint density at radius 3 is 2.52 bits per heavy atom. The first kappa shape index (κ1) is 18.3. The lowest BCUT2D eigenvalue weighted by Crippen LogP contribution is -2.29. The number of aryl methyl sites for hydroxylation is 1. The lowest BCUT2D eigenvalue weighted by atomic mass is 10.2. The molecule has 1 atom stereocenters. The summed E-state index contributed by atoms with van der Waals surface area (Å²) in [4.78, 5) is 23.9. The van der Waals surface area contributed by atoms with Crippen LogP contribution in [0.4, 0.5) is 5.69 Å². The summed E-state index contributed by atoms with van der Waals surface area (Å²) in [5.74, 6) is 0.0197. The Kier molecular flexibility index (Phi) is 6.39. The Morgan fingerprint density at radius 2 is 1.84 bits per heavy atom. The monoisotopic (exact) mass is 343 g/mol. The number of anilines is 1. The minimum atomic E-state index is -0.816. The Balaban J connectivity index is 1.85. The summed E-state index contributed by atoms with van der Waals surface area (Å²) in [6.07, 6.45) is -0.816. The van der Waals surface area contributed by atoms with Gasteiger partial charge in [0, 0.05) is 0 Å². The second-order valence-corrected chi connectivity index (χ2v) is 5.43. The normalized spacial score (nSPS) is 11.3. The number of hydrogen-bond donors (Lipinski definition) is 1. The predicted molar refractivity (Wildman–Crippen MR) is 93.9 cm³/mol. The van der Waals surface area contributed by atoms with Crippen molar-refractivity contribution in [1.29, 1.82) is 0 Å². The van der Waals surface area contributed by atoms with E-state index in [0.29, 0.717) is 17.2 Å². The van der Waals surface area contributed by atoms with E-state index in [-0.39, 0.29) is 0 Å². The van der Waals surface area contributed by atoms with Crippen LogP contribution in [-0.2, 0) is 14.3 Å². The molecule has 1 N–H and O–H groups in total. The number of amides is 1. The molecule has 2 rings (SSSR count). The van der Waals surface area contributed by atoms with Gasteiger partial charge in [-0.05, 0) is 43.7 Å². The zero-order valence-electron chi connectivity index (χ0n) is 14.4. The second-order valence-electron chi connectivity index (χ2n) is 5.43. The summed E-state index contributed by atoms with van der Waals surface area (Å²) in [5.41, 5.74) is 1.50. The number of carbonyl (C=O) groups is 2. The van der Waals surface area contributed by atoms with Gasteiger partial charge in [-0.3, -0.25) is 4.79 Å². The number of benzene rings is 2. The molecule has 0 bridgehead atoms. The fourth-order valence-corrected chi connectivity index (χ4v) is 2.11. The molecule has 1 amide bonds. The van der Waals surface area contributed by atoms with E-state index in [0.717, 1.165) is 5.56 Å². The fourth-order valence-electron chi connectivity index (χ4n) is 2.11. The zero-order valence-corrected chi connectivity index (χ0v) is 14.4. The summed E-state index contributed by atoms with van der Waals surface area (Å²) < 4.78 is 15.6. The predicted octanol–water partition coefficient (Wildman–Crippen LogP) is 2.95. The van der Waals surface area contributed by atoms with Crippen molar-refractivity contribution in [2.75, 3.05) is 19.0 Å². The summed E-state index contributed by atoms with van der Waals surface area (Å²) in [6.45, 7) is 3.06. The van der Waals surface area contributed by atoms with Gasteiger partial charge in [0.2, 0.25) is 0 Å². The highest BCUT2D eigenvalue weighted by Gasteiger charge is 2.18. The van der Waals surface area contributed by atoms with Crippen molar-refractivity contribution in [3.05, 3.63) is 54.1 Å². The van der Waals surface area contributed by atoms with Gasteiger partial charge in [0.05, 0.1) is 12.8 Å². The van der Waals surface area contributed by atoms with Crippen LogP contribution in [0.2, 0.25) is 0 Å². The van der Waals surface area contributed by atoms with E-state index >= 15 is 0 Å². The molecule has 2 aromatic rings. The Morgan fingerprint density at radius 1 is 1.12 bits per heavy atom. The van der Waals surface area contributed by atoms with E-state index in [1.165, 1.54) is 7.11 Å². The van der Waals surface area contributed by atoms with Crippen LogP contribution in [0.25, 0.3) is 0 Å². The molecule has 2 aromatic carbocycles. The smallest absolute Gasteiger partial charge is 0.347 e. The van der Waals surface area contributed by atoms with Gasteiger partial charge < -0.3 is 19.5 Å². The highest BCUT2D eigenvalue weighted by molar-refractivity contribution is 5.94. The minimum Gasteiger partial charge on any atom is -0.495 e. The molecule has 0 aliphatic heterocycles. The maximum atomic E-state index is 12.0. The van der Waals surface area contributed by atoms with Crippen LogP contribution in [0, 0.1) is 6.92 Å². The van der Waals surface area contributed by atoms with Gasteiger partial charge in [0.15, 0.2) is 12.7 Å². The van der Waals surface area contributed by atoms with Gasteiger partial charge in [-0.2, -0.15) is 0 Å². The van der Waals surface area contributed by atoms with E-state index in [1.54, 1.807) is 43.3 Å². The molecule has 132 valence electrons. The fraction of sp³-hybridized carbons (Fsp3) is 0.263. The molecular formula is C19H21NO5. The Labute approximate surface area is 146 Å². The van der Waals surface area contributed by atoms with E-state index in [9.17, 15) is 9.59 Å². The number of rotatable bonds is 7. The largest absolute Gasteiger partial charge is 0.495 e. The van der Waals surface area contributed by atoms with E-state index in [2.05, 4.69) is 5.32 Å². The third-order valence-electron chi connectivity index (χ3n) is 3.36. The lowest BCUT2D eigenvalue weighted by Gasteiger charge is -2.14. The van der Waals surface area contributed by atoms with Crippen LogP contribution in [-0.4, -0.2) is 31.7 Å². The standard InChI is InChI=1S/C19H21NO5/c1-13-9-10-17(23-3)16(11-13)20-18(21)12-24-19(22)14(2)25-15-7-5-4-6-8-15/h4-11,14H,12H2,1-3H3,(H,20,21)/t14-/m1/s1. The van der Waals surface area contributed by atoms with Crippen LogP contribution in [0.5, 0.6) is 11.5 Å². The number of para-hydroxylation sites is 1. The van der Waals surface area contributed by atoms with Crippen molar-refractivity contribution in [2.24, 2.45) is 0 Å². The second kappa shape index (κ2) is 8.73. The first-order valence-electron chi connectivity index (χ1n) is 7.82. The molecule has 0 radical (unpaired) electrons. The third kappa shape index (κ3) is 5.53. The number of hydrogen-bond acceptors (Lipinski definition) is 5. The molecule has 0 saturated carbocycles. The van der Waals surface area contributed by atoms with Crippen molar-refractivity contribution >= 4 is 17.6 Å². The zero-order chi connectivity index (χ0) is 18.2. The van der Waals surface area contributed by atoms with Gasteiger partial charge in [0.1, 0.15) is 11.5 Å². The molecule has 0 saturated heterocycles. The third-order valence-corrected chi connectivity index (χ3v) is 3.36. The van der Waals surface area contributed by atoms with E-state index < -0.39 is 24.6 Å². The number of carbonyl (C=O) groups excluding carboxylic acids is 2. The van der Waals surface area contributed by atoms with E-state index in [4.69, 9.17) is 14.2 Å². The maximum Gasteiger partial charge on any atom is 0.347 e. The molecule has 25 heavy (non-hydrogen) atoms. The first-order chi connectivity index (χ1) is 12.0. The van der Waals surface area contributed by atoms with Crippen molar-refractivity contribution in [1.82, 2.24) is 0 Å². The average Bonchev–Trinajstić information content (AvgIpc) is 2.60. The van der Waals surface area contributed by atoms with Crippen molar-refractivity contribution in [3.63, 3.8) is 0 Å². The Hall–Kier alpha value is -3.02. The Bertz CT molecular complexity index is 730. The molecule has 6 heteroatoms. The maximum absolute atomic E-state index is 12.0. The van der Waals surface area contributed by atoms with Crippen molar-refractivity contribution < 1.29 is 23.8 Å². The number of esters is 1. The molecule has 0 aliphatic rings. The highest BCUT2D eigenvalue weighted by atomic mass is 16.6. The number of methoxy groups -OCH3 is 1. The average molecular weight is 343 g/mol. The van der Waals surface area contributed by atoms with Crippen LogP contribution < -0.4 is 14.8 Å². The summed E-state index contributed by atoms with van der Waals surface area (Å²) >= 11 is 0. The summed E-state index contributed by atoms with van der Waals surface area (Å²) in [7, 11) is 1.52. The molecular weight excluding hydrogens is 322 g/mol. The SMILES string of the molecule is COc1ccc(C)cc1NC(=O)COC(=O)[C@@H](C)Oc1ccccc1. The first-order valence-corrected chi connectivity index (χ1v) is 7.82. The highest BCUT2D eigenvalue weighted by Crippen LogP contribution is 2.25. The topological polar surface area (TPSA) is 73.9 Å². The minimum absolute atomic E-state index is 0.404. The number of nitrogens with one attached hydrogen (secondary N) is 1. The van der Waals surface area contributed by atoms with Crippen LogP contribution >= 0.6 is 0 Å². The van der Waals surface area contributed by atoms with Crippen molar-refractivity contribution in [2.45, 2.75) is 20.0 Å². The van der Waals surface area contributed by atoms with Crippen LogP contribution in [0.15, 0.2) is 48.5 Å². The summed E-state index contributed by atoms with van der Waals surface area (Å²) in [5, 5.41) is 2.66. The van der Waals surface area contributed by atoms with Crippen LogP contribution in [0.1, 0.15) is 12.5 Å². The van der Waals surface area contributed by atoms with Gasteiger partial charge in [-0.1, -0.05) is 24.3 Å². The van der Waals surface area contributed by atoms with Crippen molar-refractivity contribution in [3.8, 4) is 11.5 Å². The van der Waals surface area contributed by atoms with Crippen LogP contribution in [0.3, 0.4) is 0 Å². The van der Waals surface area contributed by atoms with Gasteiger partial charge in [0.25, 0.3) is 5.91 Å². The van der Waals surface area contributed by atoms with Gasteiger partial charge >= 0.3 is 5.97 Å². The molecule has 0 unspecified atom stereocenters. The lowest BCUT2D eigenvalue weighted by molar-refractivity contribution is -0.153.